The molecule has 0 radical (unpaired) electrons. The molecule has 0 aromatic heterocycles. The number of carbonyl (C=O) groups is 5. The van der Waals surface area contributed by atoms with E-state index in [1.807, 2.05) is 108 Å². The third-order valence-corrected chi connectivity index (χ3v) is 38.6. The zero-order valence-electron chi connectivity index (χ0n) is 68.2. The Morgan fingerprint density at radius 2 is 1.47 bits per heavy atom. The highest BCUT2D eigenvalue weighted by Crippen LogP contribution is 2.57. The number of halogens is 4. The van der Waals surface area contributed by atoms with Gasteiger partial charge >= 0.3 is 47.3 Å². The molecule has 0 saturated carbocycles. The summed E-state index contributed by atoms with van der Waals surface area (Å²) in [7, 11) is -10.4. The Morgan fingerprint density at radius 1 is 0.853 bits per heavy atom. The number of carbonyl (C=O) groups excluding carboxylic acids is 5. The van der Waals surface area contributed by atoms with Crippen molar-refractivity contribution >= 4 is 82.8 Å². The van der Waals surface area contributed by atoms with Crippen LogP contribution in [-0.2, 0) is 66.7 Å². The van der Waals surface area contributed by atoms with Crippen molar-refractivity contribution in [3.05, 3.63) is 159 Å². The topological polar surface area (TPSA) is 287 Å². The number of ether oxygens (including phenoxy) is 8. The van der Waals surface area contributed by atoms with Gasteiger partial charge in [-0.25, -0.2) is 18.6 Å². The summed E-state index contributed by atoms with van der Waals surface area (Å²) < 4.78 is 162. The molecule has 12 atom stereocenters. The number of amides is 2. The number of alkyl carbamates (subject to hydrolysis) is 1. The minimum Gasteiger partial charge on any atom is -0.541 e. The van der Waals surface area contributed by atoms with Crippen LogP contribution in [0.15, 0.2) is 121 Å². The zero-order chi connectivity index (χ0) is 84.7. The second kappa shape index (κ2) is 32.3. The number of alkyl halides is 3. The number of nitrogens with one attached hydrogen (secondary N) is 2. The SMILES string of the molecule is COc1cc2c(c(C(=O)O[C@H]3COC(=O)C[C@H](NC(=O)OCC4c5ccccc5-c5ccccc54)c4cc(Cl)c(c(O[Si](C)(C)C(C)(C)C)c4)O[C@@H]4C#C[C@H](OS(C)(=O)=O)[C@@]3(OC(=O)c3ccc(C(F)(F)F)cc3)C#CC3=CC=C[C@@]34[C@@H]3O[C@H](C)[C@@H](N(C)C)[C@H]4O[Si](C(C)C)(C(C)C)O[Si](C(C)C)(C(C)C)O[C@H]43)c1)NC(=O)C(C)(O)O2. The van der Waals surface area contributed by atoms with Crippen LogP contribution in [0.5, 0.6) is 23.0 Å². The molecule has 32 heteroatoms. The number of hydrogen-bond acceptors (Lipinski definition) is 22. The number of esters is 3. The number of hydrogen-bond donors (Lipinski definition) is 3. The number of likely N-dealkylation sites (N-methyl/N-ethyl adjacent to an activating group) is 1. The lowest BCUT2D eigenvalue weighted by molar-refractivity contribution is -0.213. The lowest BCUT2D eigenvalue weighted by Crippen LogP contribution is -2.69. The quantitative estimate of drug-likeness (QED) is 0.0241. The molecule has 5 heterocycles. The first-order valence-corrected chi connectivity index (χ1v) is 47.5. The molecule has 622 valence electrons. The monoisotopic (exact) mass is 1690 g/mol. The van der Waals surface area contributed by atoms with Gasteiger partial charge in [0, 0.05) is 24.5 Å². The van der Waals surface area contributed by atoms with Crippen molar-refractivity contribution in [2.24, 2.45) is 5.41 Å². The number of aliphatic hydroxyl groups is 1. The normalized spacial score (nSPS) is 26.8. The highest BCUT2D eigenvalue weighted by molar-refractivity contribution is 7.86. The Morgan fingerprint density at radius 3 is 2.04 bits per heavy atom. The first-order chi connectivity index (χ1) is 54.2. The van der Waals surface area contributed by atoms with Gasteiger partial charge in [0.2, 0.25) is 0 Å². The van der Waals surface area contributed by atoms with E-state index < -0.39 is 190 Å². The van der Waals surface area contributed by atoms with Gasteiger partial charge in [-0.1, -0.05) is 166 Å². The smallest absolute Gasteiger partial charge is 0.416 e. The molecule has 8 aliphatic rings. The Kier molecular flexibility index (Phi) is 24.2. The van der Waals surface area contributed by atoms with E-state index in [2.05, 4.69) is 89.7 Å². The van der Waals surface area contributed by atoms with Crippen LogP contribution in [0.25, 0.3) is 11.1 Å². The number of nitrogens with zero attached hydrogens (tertiary/aromatic N) is 1. The summed E-state index contributed by atoms with van der Waals surface area (Å²) >= 11 is 7.83. The molecule has 0 spiro atoms. The van der Waals surface area contributed by atoms with Crippen LogP contribution in [0.1, 0.15) is 151 Å². The van der Waals surface area contributed by atoms with Crippen LogP contribution in [0.2, 0.25) is 45.3 Å². The fraction of sp³-hybridized carbons (Fsp3) is 0.488. The fourth-order valence-electron chi connectivity index (χ4n) is 16.1. The average molecular weight is 1700 g/mol. The molecule has 3 aliphatic carbocycles. The van der Waals surface area contributed by atoms with Crippen molar-refractivity contribution in [3.8, 4) is 57.8 Å². The first-order valence-electron chi connectivity index (χ1n) is 38.4. The second-order valence-corrected chi connectivity index (χ2v) is 49.0. The van der Waals surface area contributed by atoms with Crippen LogP contribution in [0, 0.1) is 29.1 Å². The summed E-state index contributed by atoms with van der Waals surface area (Å²) in [6.07, 6.45) is -12.6. The van der Waals surface area contributed by atoms with Crippen LogP contribution < -0.4 is 29.3 Å². The Bertz CT molecular complexity index is 4950. The predicted octanol–water partition coefficient (Wildman–Crippen LogP) is 14.8. The molecule has 24 nitrogen and oxygen atoms in total. The van der Waals surface area contributed by atoms with Crippen molar-refractivity contribution in [1.29, 1.82) is 0 Å². The Labute approximate surface area is 682 Å². The van der Waals surface area contributed by atoms with Crippen molar-refractivity contribution < 1.29 is 110 Å². The number of benzene rings is 5. The minimum atomic E-state index is -5.04. The van der Waals surface area contributed by atoms with Gasteiger partial charge in [-0.3, -0.25) is 9.59 Å². The van der Waals surface area contributed by atoms with Gasteiger partial charge in [-0.2, -0.15) is 21.6 Å². The van der Waals surface area contributed by atoms with Crippen molar-refractivity contribution in [3.63, 3.8) is 0 Å². The summed E-state index contributed by atoms with van der Waals surface area (Å²) in [6, 6.07) is 21.3. The van der Waals surface area contributed by atoms with E-state index >= 15 is 14.4 Å². The molecule has 5 aliphatic heterocycles. The van der Waals surface area contributed by atoms with Gasteiger partial charge in [0.15, 0.2) is 29.8 Å². The number of allylic oxidation sites excluding steroid dienone is 2. The molecule has 5 aromatic carbocycles. The van der Waals surface area contributed by atoms with E-state index in [0.29, 0.717) is 18.4 Å². The lowest BCUT2D eigenvalue weighted by atomic mass is 9.68. The van der Waals surface area contributed by atoms with E-state index in [-0.39, 0.29) is 67.9 Å². The van der Waals surface area contributed by atoms with Crippen LogP contribution >= 0.6 is 11.6 Å². The molecular formula is C84H99ClF3N3O21SSi3. The highest BCUT2D eigenvalue weighted by Gasteiger charge is 2.69. The van der Waals surface area contributed by atoms with Crippen LogP contribution in [0.3, 0.4) is 0 Å². The highest BCUT2D eigenvalue weighted by atomic mass is 35.5. The molecule has 4 bridgehead atoms. The third-order valence-electron chi connectivity index (χ3n) is 23.2. The Balaban J connectivity index is 1.15. The maximum Gasteiger partial charge on any atom is 0.416 e. The molecule has 2 amide bonds. The summed E-state index contributed by atoms with van der Waals surface area (Å²) in [4.78, 5) is 77.7. The van der Waals surface area contributed by atoms with Gasteiger partial charge in [0.1, 0.15) is 36.9 Å². The van der Waals surface area contributed by atoms with E-state index in [9.17, 15) is 36.3 Å². The second-order valence-electron chi connectivity index (χ2n) is 33.5. The lowest BCUT2D eigenvalue weighted by Gasteiger charge is -2.54. The standard InChI is InChI=1S/C84H99ClF3N3O21SSi3/c1-46(2)115(47(3)4)110-73-71(91(14)15)50(9)103-75(74(73)111-116(112-115,48(5)6)49(7)8)82-37-24-25-53(82)36-38-83(107-76(93)51-30-32-54(33-31-51)84(86,87)88)67(108-113(17,98)99)35-34-66(82)104-72-62(85)39-52(40-65(72)109-114(18,19)80(10,11)12)63(89-79(96)102-44-61-58-28-22-20-26-56(58)57-27-21-23-29-59(57)61)43-69(92)101-45-68(83)105-77(94)60-41-55(100-16)42-64-70(60)90-78(95)81(13,97)106-64/h20-33,37,39-42,46-50,61,63,66-68,71,73-75,97H,43-45H2,1-19H3,(H,89,96)(H,90,95)/t50-,63+,66-,67+,68+,71-,73-,74-,75-,81?,82-,83+/m1/s1. The van der Waals surface area contributed by atoms with E-state index in [4.69, 9.17) is 71.1 Å². The molecule has 2 fully saturated rings. The van der Waals surface area contributed by atoms with Crippen molar-refractivity contribution in [1.82, 2.24) is 10.2 Å². The Hall–Kier alpha value is -8.55. The molecule has 13 rings (SSSR count). The van der Waals surface area contributed by atoms with E-state index in [1.54, 1.807) is 24.3 Å². The largest absolute Gasteiger partial charge is 0.541 e. The van der Waals surface area contributed by atoms with Gasteiger partial charge in [-0.05, 0) is 144 Å². The number of anilines is 1. The van der Waals surface area contributed by atoms with Gasteiger partial charge in [-0.15, -0.1) is 0 Å². The molecule has 1 unspecified atom stereocenters. The molecular weight excluding hydrogens is 1600 g/mol. The maximum absolute atomic E-state index is 15.9. The molecule has 3 N–H and O–H groups in total. The molecule has 5 aromatic rings. The zero-order valence-corrected chi connectivity index (χ0v) is 72.7. The first kappa shape index (κ1) is 86.8. The van der Waals surface area contributed by atoms with Crippen molar-refractivity contribution in [2.75, 3.05) is 46.0 Å². The van der Waals surface area contributed by atoms with Gasteiger partial charge < -0.3 is 75.9 Å². The molecule has 2 saturated heterocycles. The summed E-state index contributed by atoms with van der Waals surface area (Å²) in [6.45, 7) is 27.8. The summed E-state index contributed by atoms with van der Waals surface area (Å²) in [5.74, 6) is 3.17. The molecule has 116 heavy (non-hydrogen) atoms. The average Bonchev–Trinajstić information content (AvgIpc) is 1.54. The number of fused-ring (bicyclic) bond motifs is 13. The third kappa shape index (κ3) is 16.5. The number of methoxy groups -OCH3 is 1. The number of rotatable bonds is 18. The summed E-state index contributed by atoms with van der Waals surface area (Å²) in [5.41, 5.74) is -5.34. The van der Waals surface area contributed by atoms with Crippen LogP contribution in [-0.4, -0.2) is 175 Å². The predicted molar refractivity (Wildman–Crippen MR) is 431 cm³/mol. The van der Waals surface area contributed by atoms with Crippen LogP contribution in [0.4, 0.5) is 23.7 Å². The summed E-state index contributed by atoms with van der Waals surface area (Å²) in [5, 5.41) is 15.7. The van der Waals surface area contributed by atoms with E-state index in [0.717, 1.165) is 47.4 Å². The minimum absolute atomic E-state index is 0.00973. The fourth-order valence-corrected chi connectivity index (χ4v) is 29.2. The maximum atomic E-state index is 15.9. The van der Waals surface area contributed by atoms with E-state index in [1.165, 1.54) is 19.2 Å². The van der Waals surface area contributed by atoms with Gasteiger partial charge in [0.05, 0.1) is 76.9 Å². The van der Waals surface area contributed by atoms with Gasteiger partial charge in [0.25, 0.3) is 35.7 Å². The van der Waals surface area contributed by atoms with Crippen molar-refractivity contribution in [2.45, 2.75) is 215 Å².